The van der Waals surface area contributed by atoms with Crippen molar-refractivity contribution in [2.45, 2.75) is 31.7 Å². The summed E-state index contributed by atoms with van der Waals surface area (Å²) in [6.07, 6.45) is 0.977. The van der Waals surface area contributed by atoms with E-state index in [-0.39, 0.29) is 6.10 Å². The van der Waals surface area contributed by atoms with Gasteiger partial charge in [-0.2, -0.15) is 0 Å². The van der Waals surface area contributed by atoms with Crippen LogP contribution in [-0.4, -0.2) is 24.3 Å². The zero-order valence-corrected chi connectivity index (χ0v) is 9.97. The second-order valence-electron chi connectivity index (χ2n) is 4.30. The molecule has 1 N–H and O–H groups in total. The normalized spacial score (nSPS) is 24.3. The number of carbonyl (C=O) groups excluding carboxylic acids is 1. The Bertz CT molecular complexity index is 429. The van der Waals surface area contributed by atoms with Crippen LogP contribution in [0.4, 0.5) is 0 Å². The van der Waals surface area contributed by atoms with E-state index in [4.69, 9.17) is 9.47 Å². The average molecular weight is 236 g/mol. The summed E-state index contributed by atoms with van der Waals surface area (Å²) in [4.78, 5) is 11.6. The highest BCUT2D eigenvalue weighted by Crippen LogP contribution is 2.37. The van der Waals surface area contributed by atoms with Crippen LogP contribution in [-0.2, 0) is 15.3 Å². The molecule has 1 aliphatic rings. The molecule has 0 saturated heterocycles. The molecule has 92 valence electrons. The number of methoxy groups -OCH3 is 1. The number of ether oxygens (including phenoxy) is 2. The highest BCUT2D eigenvalue weighted by atomic mass is 16.7. The Balaban J connectivity index is 2.20. The molecule has 4 nitrogen and oxygen atoms in total. The molecule has 0 bridgehead atoms. The van der Waals surface area contributed by atoms with Gasteiger partial charge in [-0.25, -0.2) is 4.79 Å². The van der Waals surface area contributed by atoms with Gasteiger partial charge in [-0.15, -0.1) is 0 Å². The van der Waals surface area contributed by atoms with Gasteiger partial charge in [0.05, 0.1) is 11.7 Å². The molecular formula is C13H16O4. The van der Waals surface area contributed by atoms with Crippen molar-refractivity contribution in [2.75, 3.05) is 7.11 Å². The SMILES string of the molecule is COC(C)CCC1(O)OC(=O)c2ccccc21. The van der Waals surface area contributed by atoms with E-state index in [2.05, 4.69) is 0 Å². The summed E-state index contributed by atoms with van der Waals surface area (Å²) in [6, 6.07) is 6.92. The van der Waals surface area contributed by atoms with Crippen molar-refractivity contribution in [3.8, 4) is 0 Å². The number of esters is 1. The summed E-state index contributed by atoms with van der Waals surface area (Å²) < 4.78 is 10.2. The minimum Gasteiger partial charge on any atom is -0.425 e. The lowest BCUT2D eigenvalue weighted by Crippen LogP contribution is -2.27. The van der Waals surface area contributed by atoms with Gasteiger partial charge in [0.2, 0.25) is 5.79 Å². The maximum Gasteiger partial charge on any atom is 0.341 e. The van der Waals surface area contributed by atoms with Crippen molar-refractivity contribution in [3.63, 3.8) is 0 Å². The third-order valence-electron chi connectivity index (χ3n) is 3.12. The lowest BCUT2D eigenvalue weighted by Gasteiger charge is -2.23. The van der Waals surface area contributed by atoms with Crippen molar-refractivity contribution in [2.24, 2.45) is 0 Å². The first kappa shape index (κ1) is 12.1. The molecule has 0 aromatic heterocycles. The fraction of sp³-hybridized carbons (Fsp3) is 0.462. The minimum absolute atomic E-state index is 0.0190. The molecule has 4 heteroatoms. The van der Waals surface area contributed by atoms with Crippen molar-refractivity contribution < 1.29 is 19.4 Å². The summed E-state index contributed by atoms with van der Waals surface area (Å²) in [7, 11) is 1.61. The first-order chi connectivity index (χ1) is 8.07. The molecule has 0 amide bonds. The maximum absolute atomic E-state index is 11.6. The summed E-state index contributed by atoms with van der Waals surface area (Å²) in [5.74, 6) is -1.96. The van der Waals surface area contributed by atoms with E-state index in [1.54, 1.807) is 31.4 Å². The topological polar surface area (TPSA) is 55.8 Å². The largest absolute Gasteiger partial charge is 0.425 e. The molecule has 1 aromatic carbocycles. The van der Waals surface area contributed by atoms with Gasteiger partial charge >= 0.3 is 5.97 Å². The molecule has 0 saturated carbocycles. The number of fused-ring (bicyclic) bond motifs is 1. The van der Waals surface area contributed by atoms with Gasteiger partial charge in [-0.3, -0.25) is 0 Å². The summed E-state index contributed by atoms with van der Waals surface area (Å²) in [6.45, 7) is 1.91. The second-order valence-corrected chi connectivity index (χ2v) is 4.30. The third kappa shape index (κ3) is 2.18. The Morgan fingerprint density at radius 3 is 2.88 bits per heavy atom. The van der Waals surface area contributed by atoms with Gasteiger partial charge in [0, 0.05) is 19.1 Å². The van der Waals surface area contributed by atoms with Crippen molar-refractivity contribution in [3.05, 3.63) is 35.4 Å². The number of carbonyl (C=O) groups is 1. The van der Waals surface area contributed by atoms with Gasteiger partial charge in [-0.05, 0) is 19.4 Å². The van der Waals surface area contributed by atoms with Crippen LogP contribution < -0.4 is 0 Å². The number of benzene rings is 1. The molecule has 0 radical (unpaired) electrons. The van der Waals surface area contributed by atoms with E-state index in [0.717, 1.165) is 0 Å². The third-order valence-corrected chi connectivity index (χ3v) is 3.12. The van der Waals surface area contributed by atoms with Crippen molar-refractivity contribution >= 4 is 5.97 Å². The molecule has 2 unspecified atom stereocenters. The van der Waals surface area contributed by atoms with Crippen LogP contribution in [0.1, 0.15) is 35.7 Å². The van der Waals surface area contributed by atoms with E-state index < -0.39 is 11.8 Å². The minimum atomic E-state index is -1.50. The van der Waals surface area contributed by atoms with Gasteiger partial charge in [0.25, 0.3) is 0 Å². The quantitative estimate of drug-likeness (QED) is 0.810. The standard InChI is InChI=1S/C13H16O4/c1-9(16-2)7-8-13(15)11-6-4-3-5-10(11)12(14)17-13/h3-6,9,15H,7-8H2,1-2H3. The number of hydrogen-bond donors (Lipinski definition) is 1. The fourth-order valence-electron chi connectivity index (χ4n) is 1.97. The van der Waals surface area contributed by atoms with Gasteiger partial charge in [0.15, 0.2) is 0 Å². The van der Waals surface area contributed by atoms with Crippen LogP contribution in [0.25, 0.3) is 0 Å². The van der Waals surface area contributed by atoms with Crippen LogP contribution in [0.5, 0.6) is 0 Å². The van der Waals surface area contributed by atoms with Crippen molar-refractivity contribution in [1.29, 1.82) is 0 Å². The van der Waals surface area contributed by atoms with Crippen LogP contribution in [0.3, 0.4) is 0 Å². The Hall–Kier alpha value is -1.39. The van der Waals surface area contributed by atoms with E-state index in [1.165, 1.54) is 0 Å². The molecular weight excluding hydrogens is 220 g/mol. The zero-order valence-electron chi connectivity index (χ0n) is 9.97. The maximum atomic E-state index is 11.6. The van der Waals surface area contributed by atoms with E-state index in [9.17, 15) is 9.90 Å². The summed E-state index contributed by atoms with van der Waals surface area (Å²) in [5.41, 5.74) is 0.994. The molecule has 2 atom stereocenters. The van der Waals surface area contributed by atoms with Gasteiger partial charge < -0.3 is 14.6 Å². The molecule has 0 aliphatic carbocycles. The summed E-state index contributed by atoms with van der Waals surface area (Å²) >= 11 is 0. The number of aliphatic hydroxyl groups is 1. The predicted octanol–water partition coefficient (Wildman–Crippen LogP) is 1.82. The van der Waals surface area contributed by atoms with Crippen LogP contribution >= 0.6 is 0 Å². The van der Waals surface area contributed by atoms with Crippen LogP contribution in [0, 0.1) is 0 Å². The highest BCUT2D eigenvalue weighted by Gasteiger charge is 2.43. The molecule has 1 aliphatic heterocycles. The van der Waals surface area contributed by atoms with Crippen LogP contribution in [0.2, 0.25) is 0 Å². The van der Waals surface area contributed by atoms with E-state index in [1.807, 2.05) is 6.92 Å². The second kappa shape index (κ2) is 4.47. The van der Waals surface area contributed by atoms with E-state index in [0.29, 0.717) is 24.0 Å². The molecule has 2 rings (SSSR count). The van der Waals surface area contributed by atoms with Gasteiger partial charge in [-0.1, -0.05) is 18.2 Å². The van der Waals surface area contributed by atoms with Crippen LogP contribution in [0.15, 0.2) is 24.3 Å². The Labute approximate surface area is 100 Å². The molecule has 1 aromatic rings. The summed E-state index contributed by atoms with van der Waals surface area (Å²) in [5, 5.41) is 10.4. The first-order valence-corrected chi connectivity index (χ1v) is 5.65. The smallest absolute Gasteiger partial charge is 0.341 e. The molecule has 0 fully saturated rings. The van der Waals surface area contributed by atoms with Gasteiger partial charge in [0.1, 0.15) is 0 Å². The Morgan fingerprint density at radius 1 is 1.47 bits per heavy atom. The highest BCUT2D eigenvalue weighted by molar-refractivity contribution is 5.94. The fourth-order valence-corrected chi connectivity index (χ4v) is 1.97. The lowest BCUT2D eigenvalue weighted by atomic mass is 9.97. The number of hydrogen-bond acceptors (Lipinski definition) is 4. The molecule has 0 spiro atoms. The lowest BCUT2D eigenvalue weighted by molar-refractivity contribution is -0.171. The Morgan fingerprint density at radius 2 is 2.18 bits per heavy atom. The van der Waals surface area contributed by atoms with E-state index >= 15 is 0 Å². The predicted molar refractivity (Wildman–Crippen MR) is 61.5 cm³/mol. The first-order valence-electron chi connectivity index (χ1n) is 5.65. The zero-order chi connectivity index (χ0) is 12.5. The molecule has 17 heavy (non-hydrogen) atoms. The number of cyclic esters (lactones) is 1. The molecule has 1 heterocycles. The Kier molecular flexibility index (Phi) is 3.17. The van der Waals surface area contributed by atoms with Crippen molar-refractivity contribution in [1.82, 2.24) is 0 Å². The number of rotatable bonds is 4. The average Bonchev–Trinajstić information content (AvgIpc) is 2.60. The monoisotopic (exact) mass is 236 g/mol.